The maximum absolute atomic E-state index is 12.8. The predicted molar refractivity (Wildman–Crippen MR) is 92.4 cm³/mol. The van der Waals surface area contributed by atoms with Crippen molar-refractivity contribution in [1.29, 1.82) is 0 Å². The molecule has 126 valence electrons. The van der Waals surface area contributed by atoms with Crippen molar-refractivity contribution in [2.45, 2.75) is 39.8 Å². The Bertz CT molecular complexity index is 717. The summed E-state index contributed by atoms with van der Waals surface area (Å²) in [4.78, 5) is 50.1. The van der Waals surface area contributed by atoms with E-state index in [9.17, 15) is 19.2 Å². The van der Waals surface area contributed by atoms with E-state index in [-0.39, 0.29) is 41.0 Å². The van der Waals surface area contributed by atoms with Crippen molar-refractivity contribution in [3.63, 3.8) is 0 Å². The molecule has 2 aliphatic heterocycles. The molecule has 0 aromatic rings. The summed E-state index contributed by atoms with van der Waals surface area (Å²) in [5.41, 5.74) is 0.0439. The highest BCUT2D eigenvalue weighted by molar-refractivity contribution is 8.29. The number of amides is 2. The maximum Gasteiger partial charge on any atom is 0.280 e. The third-order valence-corrected chi connectivity index (χ3v) is 6.31. The zero-order chi connectivity index (χ0) is 17.8. The summed E-state index contributed by atoms with van der Waals surface area (Å²) < 4.78 is 0.411. The normalized spacial score (nSPS) is 21.4. The Labute approximate surface area is 148 Å². The topological polar surface area (TPSA) is 74.8 Å². The highest BCUT2D eigenvalue weighted by Crippen LogP contribution is 2.53. The van der Waals surface area contributed by atoms with Gasteiger partial charge in [0.15, 0.2) is 11.6 Å². The predicted octanol–water partition coefficient (Wildman–Crippen LogP) is 2.00. The molecule has 2 heterocycles. The van der Waals surface area contributed by atoms with Crippen LogP contribution in [0.4, 0.5) is 0 Å². The number of rotatable bonds is 2. The molecule has 0 aromatic carbocycles. The van der Waals surface area contributed by atoms with Crippen LogP contribution in [0.25, 0.3) is 0 Å². The minimum absolute atomic E-state index is 0.0439. The van der Waals surface area contributed by atoms with Crippen molar-refractivity contribution < 1.29 is 19.2 Å². The fourth-order valence-electron chi connectivity index (χ4n) is 2.69. The quantitative estimate of drug-likeness (QED) is 0.424. The van der Waals surface area contributed by atoms with Gasteiger partial charge in [0.05, 0.1) is 14.0 Å². The molecule has 3 aliphatic rings. The molecule has 0 saturated carbocycles. The van der Waals surface area contributed by atoms with Gasteiger partial charge in [0.2, 0.25) is 0 Å². The van der Waals surface area contributed by atoms with Gasteiger partial charge in [0.1, 0.15) is 5.57 Å². The number of hydrogen-bond donors (Lipinski definition) is 0. The molecule has 24 heavy (non-hydrogen) atoms. The van der Waals surface area contributed by atoms with Crippen LogP contribution in [0, 0.1) is 0 Å². The van der Waals surface area contributed by atoms with Crippen LogP contribution in [0.5, 0.6) is 0 Å². The lowest BCUT2D eigenvalue weighted by molar-refractivity contribution is -0.154. The molecular formula is C16H16N2O4S2. The van der Waals surface area contributed by atoms with Gasteiger partial charge in [-0.3, -0.25) is 19.2 Å². The van der Waals surface area contributed by atoms with Crippen molar-refractivity contribution in [3.05, 3.63) is 31.8 Å². The van der Waals surface area contributed by atoms with Gasteiger partial charge < -0.3 is 0 Å². The molecule has 0 atom stereocenters. The van der Waals surface area contributed by atoms with Crippen molar-refractivity contribution in [2.75, 3.05) is 0 Å². The van der Waals surface area contributed by atoms with E-state index in [0.29, 0.717) is 14.0 Å². The lowest BCUT2D eigenvalue weighted by atomic mass is 10.2. The lowest BCUT2D eigenvalue weighted by Crippen LogP contribution is -2.48. The minimum Gasteiger partial charge on any atom is -0.289 e. The molecule has 8 heteroatoms. The molecule has 1 saturated heterocycles. The van der Waals surface area contributed by atoms with E-state index in [4.69, 9.17) is 0 Å². The van der Waals surface area contributed by atoms with E-state index in [1.165, 1.54) is 22.2 Å². The first kappa shape index (κ1) is 17.0. The largest absolute Gasteiger partial charge is 0.289 e. The van der Waals surface area contributed by atoms with Crippen LogP contribution in [0.3, 0.4) is 0 Å². The Kier molecular flexibility index (Phi) is 4.21. The molecule has 6 nitrogen and oxygen atoms in total. The third kappa shape index (κ3) is 2.44. The lowest BCUT2D eigenvalue weighted by Gasteiger charge is -2.33. The molecule has 0 bridgehead atoms. The van der Waals surface area contributed by atoms with Crippen LogP contribution in [-0.2, 0) is 19.2 Å². The molecule has 0 unspecified atom stereocenters. The first-order valence-electron chi connectivity index (χ1n) is 7.52. The number of carbonyl (C=O) groups excluding carboxylic acids is 4. The molecule has 3 rings (SSSR count). The average molecular weight is 364 g/mol. The van der Waals surface area contributed by atoms with E-state index < -0.39 is 0 Å². The van der Waals surface area contributed by atoms with Crippen molar-refractivity contribution >= 4 is 46.9 Å². The second-order valence-corrected chi connectivity index (χ2v) is 8.37. The SMILES string of the molecule is CC(C)N1C(=O)C(=C2SC3=C(S2)C(=O)C=CC3=O)C(=O)N1C(C)C. The number of carbonyl (C=O) groups is 4. The third-order valence-electron chi connectivity index (χ3n) is 3.69. The van der Waals surface area contributed by atoms with Gasteiger partial charge in [-0.2, -0.15) is 0 Å². The Morgan fingerprint density at radius 1 is 0.750 bits per heavy atom. The summed E-state index contributed by atoms with van der Waals surface area (Å²) in [6.07, 6.45) is 2.45. The monoisotopic (exact) mass is 364 g/mol. The number of hydrogen-bond acceptors (Lipinski definition) is 6. The van der Waals surface area contributed by atoms with Gasteiger partial charge in [-0.1, -0.05) is 23.5 Å². The molecule has 1 fully saturated rings. The van der Waals surface area contributed by atoms with Gasteiger partial charge >= 0.3 is 0 Å². The fraction of sp³-hybridized carbons (Fsp3) is 0.375. The second kappa shape index (κ2) is 5.93. The fourth-order valence-corrected chi connectivity index (χ4v) is 5.25. The second-order valence-electron chi connectivity index (χ2n) is 6.07. The van der Waals surface area contributed by atoms with Gasteiger partial charge in [-0.15, -0.1) is 0 Å². The van der Waals surface area contributed by atoms with Crippen molar-refractivity contribution in [2.24, 2.45) is 0 Å². The summed E-state index contributed by atoms with van der Waals surface area (Å²) in [6, 6.07) is -0.350. The summed E-state index contributed by atoms with van der Waals surface area (Å²) >= 11 is 2.09. The Hall–Kier alpha value is -1.80. The van der Waals surface area contributed by atoms with Crippen molar-refractivity contribution in [1.82, 2.24) is 10.0 Å². The van der Waals surface area contributed by atoms with E-state index >= 15 is 0 Å². The highest BCUT2D eigenvalue weighted by Gasteiger charge is 2.47. The molecule has 1 aliphatic carbocycles. The standard InChI is InChI=1S/C16H16N2O4S2/c1-7(2)17-14(21)11(15(22)18(17)8(3)4)16-23-12-9(19)5-6-10(20)13(12)24-16/h5-8H,1-4H3. The molecule has 0 N–H and O–H groups in total. The molecular weight excluding hydrogens is 348 g/mol. The smallest absolute Gasteiger partial charge is 0.280 e. The first-order chi connectivity index (χ1) is 11.2. The van der Waals surface area contributed by atoms with Gasteiger partial charge in [-0.25, -0.2) is 10.0 Å². The summed E-state index contributed by atoms with van der Waals surface area (Å²) in [5, 5.41) is 2.88. The van der Waals surface area contributed by atoms with Gasteiger partial charge in [-0.05, 0) is 39.8 Å². The van der Waals surface area contributed by atoms with Crippen LogP contribution in [0.15, 0.2) is 31.8 Å². The molecule has 0 aromatic heterocycles. The molecule has 0 spiro atoms. The number of thioether (sulfide) groups is 2. The number of allylic oxidation sites excluding steroid dienone is 4. The number of ketones is 2. The highest BCUT2D eigenvalue weighted by atomic mass is 32.2. The van der Waals surface area contributed by atoms with Crippen LogP contribution in [0.1, 0.15) is 27.7 Å². The van der Waals surface area contributed by atoms with Gasteiger partial charge in [0, 0.05) is 12.1 Å². The average Bonchev–Trinajstić information content (AvgIpc) is 3.03. The van der Waals surface area contributed by atoms with Crippen LogP contribution < -0.4 is 0 Å². The summed E-state index contributed by atoms with van der Waals surface area (Å²) in [5.74, 6) is -1.30. The maximum atomic E-state index is 12.8. The first-order valence-corrected chi connectivity index (χ1v) is 9.15. The summed E-state index contributed by atoms with van der Waals surface area (Å²) in [7, 11) is 0. The Morgan fingerprint density at radius 3 is 1.46 bits per heavy atom. The summed E-state index contributed by atoms with van der Waals surface area (Å²) in [6.45, 7) is 7.35. The Morgan fingerprint density at radius 2 is 1.12 bits per heavy atom. The number of nitrogens with zero attached hydrogens (tertiary/aromatic N) is 2. The van der Waals surface area contributed by atoms with E-state index in [1.807, 2.05) is 27.7 Å². The minimum atomic E-state index is -0.383. The van der Waals surface area contributed by atoms with Gasteiger partial charge in [0.25, 0.3) is 11.8 Å². The zero-order valence-corrected chi connectivity index (χ0v) is 15.3. The Balaban J connectivity index is 2.03. The van der Waals surface area contributed by atoms with Crippen LogP contribution in [0.2, 0.25) is 0 Å². The zero-order valence-electron chi connectivity index (χ0n) is 13.7. The van der Waals surface area contributed by atoms with Crippen LogP contribution >= 0.6 is 23.5 Å². The van der Waals surface area contributed by atoms with Crippen molar-refractivity contribution in [3.8, 4) is 0 Å². The molecule has 2 amide bonds. The van der Waals surface area contributed by atoms with E-state index in [0.717, 1.165) is 23.5 Å². The molecule has 0 radical (unpaired) electrons. The van der Waals surface area contributed by atoms with E-state index in [2.05, 4.69) is 0 Å². The van der Waals surface area contributed by atoms with E-state index in [1.54, 1.807) is 0 Å². The number of hydrazine groups is 1. The van der Waals surface area contributed by atoms with Crippen LogP contribution in [-0.4, -0.2) is 45.5 Å².